The van der Waals surface area contributed by atoms with Crippen LogP contribution < -0.4 is 19.5 Å². The van der Waals surface area contributed by atoms with E-state index in [1.165, 1.54) is 12.1 Å². The Balaban J connectivity index is 0.00000342. The summed E-state index contributed by atoms with van der Waals surface area (Å²) in [6.07, 6.45) is 3.20. The number of aryl methyl sites for hydroxylation is 1. The minimum atomic E-state index is -0.975. The fraction of sp³-hybridized carbons (Fsp3) is 0.385. The van der Waals surface area contributed by atoms with Gasteiger partial charge in [-0.25, -0.2) is 9.37 Å². The van der Waals surface area contributed by atoms with E-state index in [1.807, 2.05) is 17.7 Å². The first-order valence-electron chi connectivity index (χ1n) is 11.2. The van der Waals surface area contributed by atoms with Gasteiger partial charge >= 0.3 is 0 Å². The first-order valence-corrected chi connectivity index (χ1v) is 11.2. The number of nitrogens with one attached hydrogen (secondary N) is 1. The van der Waals surface area contributed by atoms with E-state index in [9.17, 15) is 14.3 Å². The smallest absolute Gasteiger partial charge is 0.220 e. The zero-order valence-electron chi connectivity index (χ0n) is 18.9. The molecule has 0 unspecified atom stereocenters. The maximum atomic E-state index is 13.0. The lowest BCUT2D eigenvalue weighted by Gasteiger charge is -2.27. The number of nitrogens with zero attached hydrogens (tertiary/aromatic N) is 2. The van der Waals surface area contributed by atoms with Gasteiger partial charge in [0.1, 0.15) is 36.7 Å². The first-order chi connectivity index (χ1) is 16.5. The summed E-state index contributed by atoms with van der Waals surface area (Å²) < 4.78 is 31.6. The zero-order valence-corrected chi connectivity index (χ0v) is 18.9. The number of hydrogen-bond donors (Lipinski definition) is 2. The fourth-order valence-corrected chi connectivity index (χ4v) is 3.74. The van der Waals surface area contributed by atoms with Crippen LogP contribution in [0, 0.1) is 12.7 Å². The SMILES string of the molecule is C.Cc1nccn1C[C@@H](NC(=O)CCCOc1ccc(F)cc1)[C@H](O)c1ccc2c(c1)OCCO2. The summed E-state index contributed by atoms with van der Waals surface area (Å²) >= 11 is 0. The highest BCUT2D eigenvalue weighted by Crippen LogP contribution is 2.33. The fourth-order valence-electron chi connectivity index (χ4n) is 3.74. The van der Waals surface area contributed by atoms with E-state index in [0.717, 1.165) is 5.82 Å². The van der Waals surface area contributed by atoms with Crippen molar-refractivity contribution in [1.29, 1.82) is 0 Å². The zero-order chi connectivity index (χ0) is 23.9. The molecule has 1 amide bonds. The molecular formula is C26H32FN3O5. The average molecular weight is 486 g/mol. The molecule has 0 bridgehead atoms. The molecule has 0 saturated heterocycles. The number of rotatable bonds is 10. The Morgan fingerprint density at radius 2 is 1.94 bits per heavy atom. The topological polar surface area (TPSA) is 94.8 Å². The molecule has 1 aliphatic heterocycles. The van der Waals surface area contributed by atoms with Crippen molar-refractivity contribution in [3.8, 4) is 17.2 Å². The normalized spacial score (nSPS) is 13.9. The Labute approximate surface area is 204 Å². The highest BCUT2D eigenvalue weighted by molar-refractivity contribution is 5.76. The van der Waals surface area contributed by atoms with Crippen LogP contribution in [0.3, 0.4) is 0 Å². The molecule has 2 heterocycles. The number of carbonyl (C=O) groups is 1. The van der Waals surface area contributed by atoms with Gasteiger partial charge in [-0.15, -0.1) is 0 Å². The van der Waals surface area contributed by atoms with Crippen LogP contribution >= 0.6 is 0 Å². The number of aliphatic hydroxyl groups is 1. The molecule has 1 aliphatic rings. The van der Waals surface area contributed by atoms with Crippen molar-refractivity contribution in [3.05, 3.63) is 72.1 Å². The molecule has 2 atom stereocenters. The largest absolute Gasteiger partial charge is 0.494 e. The molecule has 0 spiro atoms. The van der Waals surface area contributed by atoms with Gasteiger partial charge < -0.3 is 29.2 Å². The Hall–Kier alpha value is -3.59. The summed E-state index contributed by atoms with van der Waals surface area (Å²) in [4.78, 5) is 16.9. The number of aromatic nitrogens is 2. The average Bonchev–Trinajstić information content (AvgIpc) is 3.26. The summed E-state index contributed by atoms with van der Waals surface area (Å²) in [5.74, 6) is 1.99. The van der Waals surface area contributed by atoms with Gasteiger partial charge in [0.05, 0.1) is 12.6 Å². The molecule has 3 aromatic rings. The summed E-state index contributed by atoms with van der Waals surface area (Å²) in [7, 11) is 0. The van der Waals surface area contributed by atoms with Gasteiger partial charge in [-0.05, 0) is 55.3 Å². The number of benzene rings is 2. The van der Waals surface area contributed by atoms with E-state index in [-0.39, 0.29) is 25.6 Å². The van der Waals surface area contributed by atoms with Crippen LogP contribution in [0.1, 0.15) is 37.8 Å². The molecule has 8 nitrogen and oxygen atoms in total. The number of imidazole rings is 1. The van der Waals surface area contributed by atoms with E-state index in [2.05, 4.69) is 10.3 Å². The molecule has 35 heavy (non-hydrogen) atoms. The number of ether oxygens (including phenoxy) is 3. The predicted molar refractivity (Wildman–Crippen MR) is 129 cm³/mol. The third-order valence-corrected chi connectivity index (χ3v) is 5.58. The highest BCUT2D eigenvalue weighted by Gasteiger charge is 2.25. The van der Waals surface area contributed by atoms with Crippen molar-refractivity contribution < 1.29 is 28.5 Å². The van der Waals surface area contributed by atoms with Crippen LogP contribution in [0.5, 0.6) is 17.2 Å². The van der Waals surface area contributed by atoms with Crippen LogP contribution in [0.4, 0.5) is 4.39 Å². The Morgan fingerprint density at radius 1 is 1.20 bits per heavy atom. The van der Waals surface area contributed by atoms with Crippen LogP contribution in [0.15, 0.2) is 54.9 Å². The van der Waals surface area contributed by atoms with Crippen molar-refractivity contribution >= 4 is 5.91 Å². The number of fused-ring (bicyclic) bond motifs is 1. The van der Waals surface area contributed by atoms with Crippen LogP contribution in [0.2, 0.25) is 0 Å². The van der Waals surface area contributed by atoms with Crippen LogP contribution in [-0.2, 0) is 11.3 Å². The Kier molecular flexibility index (Phi) is 9.08. The molecule has 0 aliphatic carbocycles. The van der Waals surface area contributed by atoms with Gasteiger partial charge in [0.25, 0.3) is 0 Å². The molecule has 9 heteroatoms. The van der Waals surface area contributed by atoms with Crippen molar-refractivity contribution in [2.24, 2.45) is 0 Å². The van der Waals surface area contributed by atoms with Gasteiger partial charge in [-0.1, -0.05) is 13.5 Å². The monoisotopic (exact) mass is 485 g/mol. The Bertz CT molecular complexity index is 1100. The molecule has 1 aromatic heterocycles. The number of carbonyl (C=O) groups excluding carboxylic acids is 1. The molecule has 0 fully saturated rings. The first kappa shape index (κ1) is 26.0. The second-order valence-corrected chi connectivity index (χ2v) is 8.05. The van der Waals surface area contributed by atoms with Crippen LogP contribution in [-0.4, -0.2) is 46.4 Å². The van der Waals surface area contributed by atoms with Gasteiger partial charge in [-0.3, -0.25) is 4.79 Å². The van der Waals surface area contributed by atoms with Crippen molar-refractivity contribution in [2.45, 2.75) is 45.9 Å². The minimum Gasteiger partial charge on any atom is -0.494 e. The van der Waals surface area contributed by atoms with E-state index in [4.69, 9.17) is 14.2 Å². The summed E-state index contributed by atoms with van der Waals surface area (Å²) in [5.41, 5.74) is 0.618. The van der Waals surface area contributed by atoms with Gasteiger partial charge in [0, 0.05) is 25.4 Å². The molecule has 188 valence electrons. The van der Waals surface area contributed by atoms with Gasteiger partial charge in [0.15, 0.2) is 11.5 Å². The number of halogens is 1. The van der Waals surface area contributed by atoms with Crippen molar-refractivity contribution in [2.75, 3.05) is 19.8 Å². The second kappa shape index (κ2) is 12.2. The summed E-state index contributed by atoms with van der Waals surface area (Å²) in [6, 6.07) is 10.4. The number of aliphatic hydroxyl groups excluding tert-OH is 1. The van der Waals surface area contributed by atoms with E-state index >= 15 is 0 Å². The molecule has 2 N–H and O–H groups in total. The van der Waals surface area contributed by atoms with Gasteiger partial charge in [0.2, 0.25) is 5.91 Å². The van der Waals surface area contributed by atoms with Crippen molar-refractivity contribution in [3.63, 3.8) is 0 Å². The maximum absolute atomic E-state index is 13.0. The Morgan fingerprint density at radius 3 is 2.66 bits per heavy atom. The lowest BCUT2D eigenvalue weighted by atomic mass is 10.0. The number of amides is 1. The van der Waals surface area contributed by atoms with Gasteiger partial charge in [-0.2, -0.15) is 0 Å². The third-order valence-electron chi connectivity index (χ3n) is 5.58. The molecule has 0 radical (unpaired) electrons. The highest BCUT2D eigenvalue weighted by atomic mass is 19.1. The van der Waals surface area contributed by atoms with E-state index < -0.39 is 12.1 Å². The molecule has 2 aromatic carbocycles. The molecule has 0 saturated carbocycles. The molecular weight excluding hydrogens is 453 g/mol. The lowest BCUT2D eigenvalue weighted by molar-refractivity contribution is -0.123. The summed E-state index contributed by atoms with van der Waals surface area (Å²) in [5, 5.41) is 14.1. The summed E-state index contributed by atoms with van der Waals surface area (Å²) in [6.45, 7) is 3.45. The lowest BCUT2D eigenvalue weighted by Crippen LogP contribution is -2.42. The maximum Gasteiger partial charge on any atom is 0.220 e. The minimum absolute atomic E-state index is 0. The van der Waals surface area contributed by atoms with E-state index in [1.54, 1.807) is 36.5 Å². The predicted octanol–water partition coefficient (Wildman–Crippen LogP) is 3.82. The number of hydrogen-bond acceptors (Lipinski definition) is 6. The van der Waals surface area contributed by atoms with E-state index in [0.29, 0.717) is 55.6 Å². The standard InChI is InChI=1S/C25H28FN3O5.CH4/c1-17-27-10-11-29(17)16-21(25(31)18-4-9-22-23(15-18)34-14-13-33-22)28-24(30)3-2-12-32-20-7-5-19(26)6-8-20;/h4-11,15,21,25,31H,2-3,12-14,16H2,1H3,(H,28,30);1H4/t21-,25-;/m1./s1. The van der Waals surface area contributed by atoms with Crippen LogP contribution in [0.25, 0.3) is 0 Å². The third kappa shape index (κ3) is 6.95. The second-order valence-electron chi connectivity index (χ2n) is 8.05. The van der Waals surface area contributed by atoms with Crippen molar-refractivity contribution in [1.82, 2.24) is 14.9 Å². The molecule has 4 rings (SSSR count). The quantitative estimate of drug-likeness (QED) is 0.424.